The molecule has 3 rings (SSSR count). The second kappa shape index (κ2) is 5.61. The van der Waals surface area contributed by atoms with E-state index in [1.165, 1.54) is 16.7 Å². The van der Waals surface area contributed by atoms with E-state index < -0.39 is 0 Å². The minimum Gasteiger partial charge on any atom is -0.365 e. The predicted molar refractivity (Wildman–Crippen MR) is 82.4 cm³/mol. The maximum atomic E-state index is 4.30. The summed E-state index contributed by atoms with van der Waals surface area (Å²) in [5.74, 6) is 0.902. The number of aryl methyl sites for hydroxylation is 1. The van der Waals surface area contributed by atoms with Crippen LogP contribution in [0.5, 0.6) is 0 Å². The molecule has 20 heavy (non-hydrogen) atoms. The van der Waals surface area contributed by atoms with Crippen LogP contribution in [-0.2, 0) is 13.6 Å². The lowest BCUT2D eigenvalue weighted by Crippen LogP contribution is -2.00. The maximum Gasteiger partial charge on any atom is 0.148 e. The Hall–Kier alpha value is -2.55. The number of nitrogens with zero attached hydrogens (tertiary/aromatic N) is 2. The van der Waals surface area contributed by atoms with Crippen molar-refractivity contribution < 1.29 is 0 Å². The van der Waals surface area contributed by atoms with Crippen LogP contribution in [-0.4, -0.2) is 9.78 Å². The van der Waals surface area contributed by atoms with E-state index in [0.717, 1.165) is 12.4 Å². The summed E-state index contributed by atoms with van der Waals surface area (Å²) in [6, 6.07) is 21.0. The van der Waals surface area contributed by atoms with Gasteiger partial charge in [0.2, 0.25) is 0 Å². The van der Waals surface area contributed by atoms with E-state index in [0.29, 0.717) is 0 Å². The Balaban J connectivity index is 1.67. The summed E-state index contributed by atoms with van der Waals surface area (Å²) in [7, 11) is 1.92. The molecule has 3 nitrogen and oxygen atoms in total. The van der Waals surface area contributed by atoms with Crippen LogP contribution in [0.3, 0.4) is 0 Å². The third kappa shape index (κ3) is 2.88. The van der Waals surface area contributed by atoms with Crippen molar-refractivity contribution in [2.75, 3.05) is 5.32 Å². The quantitative estimate of drug-likeness (QED) is 0.778. The fourth-order valence-corrected chi connectivity index (χ4v) is 2.15. The lowest BCUT2D eigenvalue weighted by molar-refractivity contribution is 0.768. The molecule has 2 aromatic carbocycles. The van der Waals surface area contributed by atoms with Crippen LogP contribution in [0.4, 0.5) is 5.82 Å². The van der Waals surface area contributed by atoms with Crippen LogP contribution >= 0.6 is 0 Å². The molecule has 3 aromatic rings. The average molecular weight is 263 g/mol. The highest BCUT2D eigenvalue weighted by Crippen LogP contribution is 2.19. The highest BCUT2D eigenvalue weighted by molar-refractivity contribution is 5.63. The Morgan fingerprint density at radius 3 is 2.25 bits per heavy atom. The largest absolute Gasteiger partial charge is 0.365 e. The molecular weight excluding hydrogens is 246 g/mol. The first-order chi connectivity index (χ1) is 9.81. The number of benzene rings is 2. The van der Waals surface area contributed by atoms with Gasteiger partial charge in [0.25, 0.3) is 0 Å². The molecule has 0 unspecified atom stereocenters. The molecular formula is C17H17N3. The second-order valence-corrected chi connectivity index (χ2v) is 4.79. The van der Waals surface area contributed by atoms with Crippen molar-refractivity contribution in [3.63, 3.8) is 0 Å². The van der Waals surface area contributed by atoms with E-state index in [1.54, 1.807) is 4.68 Å². The SMILES string of the molecule is Cn1ccc(NCc2ccc(-c3ccccc3)cc2)n1. The van der Waals surface area contributed by atoms with E-state index in [1.807, 2.05) is 25.4 Å². The van der Waals surface area contributed by atoms with Crippen molar-refractivity contribution in [1.82, 2.24) is 9.78 Å². The van der Waals surface area contributed by atoms with Crippen molar-refractivity contribution in [1.29, 1.82) is 0 Å². The van der Waals surface area contributed by atoms with Crippen LogP contribution in [0, 0.1) is 0 Å². The molecule has 0 aliphatic carbocycles. The molecule has 0 aliphatic rings. The lowest BCUT2D eigenvalue weighted by atomic mass is 10.0. The van der Waals surface area contributed by atoms with Gasteiger partial charge in [0.1, 0.15) is 5.82 Å². The fraction of sp³-hybridized carbons (Fsp3) is 0.118. The highest BCUT2D eigenvalue weighted by atomic mass is 15.3. The first-order valence-electron chi connectivity index (χ1n) is 6.69. The summed E-state index contributed by atoms with van der Waals surface area (Å²) in [4.78, 5) is 0. The van der Waals surface area contributed by atoms with Gasteiger partial charge in [-0.05, 0) is 16.7 Å². The Morgan fingerprint density at radius 1 is 0.900 bits per heavy atom. The number of hydrogen-bond donors (Lipinski definition) is 1. The molecule has 0 spiro atoms. The Morgan fingerprint density at radius 2 is 1.60 bits per heavy atom. The number of nitrogens with one attached hydrogen (secondary N) is 1. The van der Waals surface area contributed by atoms with Crippen LogP contribution in [0.25, 0.3) is 11.1 Å². The Bertz CT molecular complexity index is 669. The van der Waals surface area contributed by atoms with Gasteiger partial charge in [0.15, 0.2) is 0 Å². The minimum atomic E-state index is 0.784. The van der Waals surface area contributed by atoms with Crippen molar-refractivity contribution in [3.05, 3.63) is 72.4 Å². The number of anilines is 1. The smallest absolute Gasteiger partial charge is 0.148 e. The van der Waals surface area contributed by atoms with E-state index >= 15 is 0 Å². The molecule has 0 saturated carbocycles. The van der Waals surface area contributed by atoms with Gasteiger partial charge in [-0.15, -0.1) is 0 Å². The number of hydrogen-bond acceptors (Lipinski definition) is 2. The summed E-state index contributed by atoms with van der Waals surface area (Å²) >= 11 is 0. The first kappa shape index (κ1) is 12.5. The molecule has 0 bridgehead atoms. The third-order valence-corrected chi connectivity index (χ3v) is 3.25. The van der Waals surface area contributed by atoms with E-state index in [-0.39, 0.29) is 0 Å². The van der Waals surface area contributed by atoms with Gasteiger partial charge >= 0.3 is 0 Å². The highest BCUT2D eigenvalue weighted by Gasteiger charge is 1.99. The number of aromatic nitrogens is 2. The van der Waals surface area contributed by atoms with E-state index in [9.17, 15) is 0 Å². The van der Waals surface area contributed by atoms with Gasteiger partial charge in [-0.25, -0.2) is 0 Å². The van der Waals surface area contributed by atoms with Gasteiger partial charge in [-0.1, -0.05) is 54.6 Å². The standard InChI is InChI=1S/C17H17N3/c1-20-12-11-17(19-20)18-13-14-7-9-16(10-8-14)15-5-3-2-4-6-15/h2-12H,13H2,1H3,(H,18,19). The van der Waals surface area contributed by atoms with E-state index in [4.69, 9.17) is 0 Å². The summed E-state index contributed by atoms with van der Waals surface area (Å²) < 4.78 is 1.79. The summed E-state index contributed by atoms with van der Waals surface area (Å²) in [5, 5.41) is 7.61. The zero-order chi connectivity index (χ0) is 13.8. The molecule has 0 aliphatic heterocycles. The molecule has 1 aromatic heterocycles. The van der Waals surface area contributed by atoms with Gasteiger partial charge in [0, 0.05) is 25.9 Å². The molecule has 3 heteroatoms. The Labute approximate surface area is 118 Å². The lowest BCUT2D eigenvalue weighted by Gasteiger charge is -2.05. The normalized spacial score (nSPS) is 10.4. The van der Waals surface area contributed by atoms with Crippen LogP contribution in [0.1, 0.15) is 5.56 Å². The van der Waals surface area contributed by atoms with Crippen molar-refractivity contribution in [3.8, 4) is 11.1 Å². The van der Waals surface area contributed by atoms with Crippen molar-refractivity contribution in [2.24, 2.45) is 7.05 Å². The first-order valence-corrected chi connectivity index (χ1v) is 6.69. The molecule has 0 amide bonds. The van der Waals surface area contributed by atoms with Crippen LogP contribution in [0.2, 0.25) is 0 Å². The molecule has 100 valence electrons. The topological polar surface area (TPSA) is 29.9 Å². The molecule has 1 N–H and O–H groups in total. The number of rotatable bonds is 4. The minimum absolute atomic E-state index is 0.784. The zero-order valence-corrected chi connectivity index (χ0v) is 11.5. The van der Waals surface area contributed by atoms with E-state index in [2.05, 4.69) is 58.9 Å². The van der Waals surface area contributed by atoms with Crippen LogP contribution in [0.15, 0.2) is 66.9 Å². The van der Waals surface area contributed by atoms with Crippen molar-refractivity contribution in [2.45, 2.75) is 6.54 Å². The monoisotopic (exact) mass is 263 g/mol. The van der Waals surface area contributed by atoms with Gasteiger partial charge in [0.05, 0.1) is 0 Å². The molecule has 0 fully saturated rings. The maximum absolute atomic E-state index is 4.30. The Kier molecular flexibility index (Phi) is 3.50. The average Bonchev–Trinajstić information content (AvgIpc) is 2.92. The zero-order valence-electron chi connectivity index (χ0n) is 11.5. The molecule has 0 saturated heterocycles. The molecule has 0 radical (unpaired) electrons. The third-order valence-electron chi connectivity index (χ3n) is 3.25. The van der Waals surface area contributed by atoms with Gasteiger partial charge in [-0.3, -0.25) is 4.68 Å². The van der Waals surface area contributed by atoms with Crippen molar-refractivity contribution >= 4 is 5.82 Å². The summed E-state index contributed by atoms with van der Waals surface area (Å²) in [6.45, 7) is 0.784. The van der Waals surface area contributed by atoms with Gasteiger partial charge < -0.3 is 5.32 Å². The molecule has 1 heterocycles. The summed E-state index contributed by atoms with van der Waals surface area (Å²) in [5.41, 5.74) is 3.74. The summed E-state index contributed by atoms with van der Waals surface area (Å²) in [6.07, 6.45) is 1.93. The van der Waals surface area contributed by atoms with Crippen LogP contribution < -0.4 is 5.32 Å². The van der Waals surface area contributed by atoms with Gasteiger partial charge in [-0.2, -0.15) is 5.10 Å². The second-order valence-electron chi connectivity index (χ2n) is 4.79. The predicted octanol–water partition coefficient (Wildman–Crippen LogP) is 3.70. The fourth-order valence-electron chi connectivity index (χ4n) is 2.15. The molecule has 0 atom stereocenters.